The van der Waals surface area contributed by atoms with Crippen LogP contribution in [0.2, 0.25) is 5.02 Å². The molecule has 4 nitrogen and oxygen atoms in total. The first-order valence-corrected chi connectivity index (χ1v) is 8.38. The molecule has 0 saturated carbocycles. The fourth-order valence-electron chi connectivity index (χ4n) is 3.82. The average Bonchev–Trinajstić information content (AvgIpc) is 2.91. The SMILES string of the molecule is O=C(O)c1ccc2c(c1)[C@@H](N1Cc3cccc(Cl)c3C1=O)CCC2. The van der Waals surface area contributed by atoms with Crippen LogP contribution in [0.3, 0.4) is 0 Å². The van der Waals surface area contributed by atoms with Crippen molar-refractivity contribution in [3.05, 3.63) is 69.2 Å². The fraction of sp³-hybridized carbons (Fsp3) is 0.263. The fourth-order valence-corrected chi connectivity index (χ4v) is 4.10. The van der Waals surface area contributed by atoms with E-state index in [1.54, 1.807) is 18.2 Å². The Morgan fingerprint density at radius 2 is 2.04 bits per heavy atom. The van der Waals surface area contributed by atoms with Crippen LogP contribution in [-0.2, 0) is 13.0 Å². The smallest absolute Gasteiger partial charge is 0.335 e. The van der Waals surface area contributed by atoms with E-state index >= 15 is 0 Å². The maximum absolute atomic E-state index is 12.9. The summed E-state index contributed by atoms with van der Waals surface area (Å²) in [5, 5.41) is 9.75. The highest BCUT2D eigenvalue weighted by Gasteiger charge is 2.36. The molecule has 0 spiro atoms. The number of aromatic carboxylic acids is 1. The Kier molecular flexibility index (Phi) is 3.57. The van der Waals surface area contributed by atoms with E-state index < -0.39 is 5.97 Å². The van der Waals surface area contributed by atoms with Gasteiger partial charge in [-0.2, -0.15) is 0 Å². The van der Waals surface area contributed by atoms with Crippen LogP contribution in [0.15, 0.2) is 36.4 Å². The van der Waals surface area contributed by atoms with Gasteiger partial charge < -0.3 is 10.0 Å². The van der Waals surface area contributed by atoms with Crippen molar-refractivity contribution >= 4 is 23.5 Å². The van der Waals surface area contributed by atoms with Gasteiger partial charge in [0.25, 0.3) is 5.91 Å². The average molecular weight is 342 g/mol. The first-order valence-electron chi connectivity index (χ1n) is 8.00. The third-order valence-electron chi connectivity index (χ3n) is 4.97. The van der Waals surface area contributed by atoms with E-state index in [1.807, 2.05) is 23.1 Å². The summed E-state index contributed by atoms with van der Waals surface area (Å²) < 4.78 is 0. The van der Waals surface area contributed by atoms with E-state index in [4.69, 9.17) is 11.6 Å². The lowest BCUT2D eigenvalue weighted by atomic mass is 9.85. The van der Waals surface area contributed by atoms with Gasteiger partial charge in [-0.25, -0.2) is 4.79 Å². The summed E-state index contributed by atoms with van der Waals surface area (Å²) in [7, 11) is 0. The van der Waals surface area contributed by atoms with Crippen LogP contribution in [0.1, 0.15) is 56.3 Å². The molecule has 0 aromatic heterocycles. The zero-order chi connectivity index (χ0) is 16.8. The predicted octanol–water partition coefficient (Wildman–Crippen LogP) is 4.07. The van der Waals surface area contributed by atoms with E-state index in [2.05, 4.69) is 0 Å². The highest BCUT2D eigenvalue weighted by molar-refractivity contribution is 6.34. The molecule has 0 bridgehead atoms. The molecular formula is C19H16ClNO3. The number of carboxylic acids is 1. The van der Waals surface area contributed by atoms with Gasteiger partial charge in [-0.15, -0.1) is 0 Å². The third kappa shape index (κ3) is 2.29. The molecule has 24 heavy (non-hydrogen) atoms. The number of amides is 1. The molecule has 1 N–H and O–H groups in total. The molecule has 0 unspecified atom stereocenters. The molecular weight excluding hydrogens is 326 g/mol. The van der Waals surface area contributed by atoms with Crippen LogP contribution in [-0.4, -0.2) is 21.9 Å². The molecule has 1 atom stereocenters. The Labute approximate surface area is 144 Å². The van der Waals surface area contributed by atoms with E-state index in [9.17, 15) is 14.7 Å². The summed E-state index contributed by atoms with van der Waals surface area (Å²) in [4.78, 5) is 26.0. The molecule has 1 aliphatic heterocycles. The number of rotatable bonds is 2. The summed E-state index contributed by atoms with van der Waals surface area (Å²) >= 11 is 6.21. The predicted molar refractivity (Wildman–Crippen MR) is 90.4 cm³/mol. The zero-order valence-corrected chi connectivity index (χ0v) is 13.7. The van der Waals surface area contributed by atoms with Crippen molar-refractivity contribution in [1.29, 1.82) is 0 Å². The summed E-state index contributed by atoms with van der Waals surface area (Å²) in [5.41, 5.74) is 3.88. The molecule has 0 radical (unpaired) electrons. The zero-order valence-electron chi connectivity index (χ0n) is 13.0. The third-order valence-corrected chi connectivity index (χ3v) is 5.28. The van der Waals surface area contributed by atoms with Crippen molar-refractivity contribution in [3.8, 4) is 0 Å². The van der Waals surface area contributed by atoms with Crippen LogP contribution in [0, 0.1) is 0 Å². The van der Waals surface area contributed by atoms with Crippen molar-refractivity contribution in [2.24, 2.45) is 0 Å². The molecule has 2 aromatic rings. The number of carboxylic acid groups (broad SMARTS) is 1. The molecule has 2 aliphatic rings. The largest absolute Gasteiger partial charge is 0.478 e. The van der Waals surface area contributed by atoms with E-state index in [0.717, 1.165) is 36.0 Å². The maximum atomic E-state index is 12.9. The van der Waals surface area contributed by atoms with Gasteiger partial charge in [-0.3, -0.25) is 4.79 Å². The van der Waals surface area contributed by atoms with Crippen LogP contribution in [0.5, 0.6) is 0 Å². The van der Waals surface area contributed by atoms with Crippen LogP contribution in [0.4, 0.5) is 0 Å². The van der Waals surface area contributed by atoms with Gasteiger partial charge >= 0.3 is 5.97 Å². The molecule has 1 heterocycles. The number of benzene rings is 2. The molecule has 5 heteroatoms. The molecule has 1 aliphatic carbocycles. The first-order chi connectivity index (χ1) is 11.6. The second-order valence-electron chi connectivity index (χ2n) is 6.33. The maximum Gasteiger partial charge on any atom is 0.335 e. The number of fused-ring (bicyclic) bond motifs is 2. The van der Waals surface area contributed by atoms with Gasteiger partial charge in [0.2, 0.25) is 0 Å². The number of hydrogen-bond donors (Lipinski definition) is 1. The Bertz CT molecular complexity index is 862. The Morgan fingerprint density at radius 3 is 2.79 bits per heavy atom. The summed E-state index contributed by atoms with van der Waals surface area (Å²) in [6, 6.07) is 10.7. The van der Waals surface area contributed by atoms with Gasteiger partial charge in [-0.1, -0.05) is 29.8 Å². The topological polar surface area (TPSA) is 57.6 Å². The quantitative estimate of drug-likeness (QED) is 0.895. The van der Waals surface area contributed by atoms with Crippen molar-refractivity contribution in [2.75, 3.05) is 0 Å². The second kappa shape index (κ2) is 5.64. The molecule has 122 valence electrons. The standard InChI is InChI=1S/C19H16ClNO3/c20-15-5-1-4-13-10-21(18(22)17(13)15)16-6-2-3-11-7-8-12(19(23)24)9-14(11)16/h1,4-5,7-9,16H,2-3,6,10H2,(H,23,24)/t16-/m0/s1. The van der Waals surface area contributed by atoms with Gasteiger partial charge in [0.15, 0.2) is 0 Å². The van der Waals surface area contributed by atoms with Crippen LogP contribution >= 0.6 is 11.6 Å². The minimum Gasteiger partial charge on any atom is -0.478 e. The molecule has 4 rings (SSSR count). The van der Waals surface area contributed by atoms with E-state index in [-0.39, 0.29) is 17.5 Å². The first kappa shape index (κ1) is 15.2. The normalized spacial score (nSPS) is 19.1. The van der Waals surface area contributed by atoms with Gasteiger partial charge in [0.05, 0.1) is 22.2 Å². The number of aryl methyl sites for hydroxylation is 1. The van der Waals surface area contributed by atoms with E-state index in [0.29, 0.717) is 17.1 Å². The Morgan fingerprint density at radius 1 is 1.21 bits per heavy atom. The van der Waals surface area contributed by atoms with Crippen molar-refractivity contribution < 1.29 is 14.7 Å². The minimum atomic E-state index is -0.943. The number of hydrogen-bond acceptors (Lipinski definition) is 2. The lowest BCUT2D eigenvalue weighted by molar-refractivity contribution is 0.0683. The minimum absolute atomic E-state index is 0.0609. The van der Waals surface area contributed by atoms with Gasteiger partial charge in [0.1, 0.15) is 0 Å². The molecule has 2 aromatic carbocycles. The van der Waals surface area contributed by atoms with Gasteiger partial charge in [0, 0.05) is 6.54 Å². The monoisotopic (exact) mass is 341 g/mol. The van der Waals surface area contributed by atoms with Crippen molar-refractivity contribution in [2.45, 2.75) is 31.8 Å². The highest BCUT2D eigenvalue weighted by Crippen LogP contribution is 2.40. The van der Waals surface area contributed by atoms with Crippen LogP contribution in [0.25, 0.3) is 0 Å². The van der Waals surface area contributed by atoms with E-state index in [1.165, 1.54) is 0 Å². The molecule has 0 saturated heterocycles. The number of carbonyl (C=O) groups excluding carboxylic acids is 1. The van der Waals surface area contributed by atoms with Gasteiger partial charge in [-0.05, 0) is 54.2 Å². The van der Waals surface area contributed by atoms with Crippen molar-refractivity contribution in [1.82, 2.24) is 4.90 Å². The molecule has 1 amide bonds. The Balaban J connectivity index is 1.75. The number of halogens is 1. The Hall–Kier alpha value is -2.33. The molecule has 0 fully saturated rings. The number of carbonyl (C=O) groups is 2. The second-order valence-corrected chi connectivity index (χ2v) is 6.74. The van der Waals surface area contributed by atoms with Crippen molar-refractivity contribution in [3.63, 3.8) is 0 Å². The lowest BCUT2D eigenvalue weighted by Crippen LogP contribution is -2.32. The summed E-state index contributed by atoms with van der Waals surface area (Å²) in [6.45, 7) is 0.524. The number of nitrogens with zero attached hydrogens (tertiary/aromatic N) is 1. The summed E-state index contributed by atoms with van der Waals surface area (Å²) in [5.74, 6) is -1.00. The van der Waals surface area contributed by atoms with Crippen LogP contribution < -0.4 is 0 Å². The lowest BCUT2D eigenvalue weighted by Gasteiger charge is -2.33. The highest BCUT2D eigenvalue weighted by atomic mass is 35.5. The summed E-state index contributed by atoms with van der Waals surface area (Å²) in [6.07, 6.45) is 2.74.